The average molecular weight is 349 g/mol. The molecule has 0 N–H and O–H groups in total. The van der Waals surface area contributed by atoms with Crippen LogP contribution in [0.1, 0.15) is 30.4 Å². The van der Waals surface area contributed by atoms with Crippen LogP contribution in [0.3, 0.4) is 0 Å². The molecule has 0 radical (unpaired) electrons. The average Bonchev–Trinajstić information content (AvgIpc) is 2.58. The summed E-state index contributed by atoms with van der Waals surface area (Å²) in [7, 11) is -5.62. The third-order valence-electron chi connectivity index (χ3n) is 4.59. The quantitative estimate of drug-likeness (QED) is 0.622. The summed E-state index contributed by atoms with van der Waals surface area (Å²) in [6.45, 7) is 1.77. The van der Waals surface area contributed by atoms with E-state index in [1.165, 1.54) is 31.4 Å². The van der Waals surface area contributed by atoms with Crippen molar-refractivity contribution in [2.24, 2.45) is 0 Å². The van der Waals surface area contributed by atoms with Gasteiger partial charge in [0.15, 0.2) is 0 Å². The van der Waals surface area contributed by atoms with Crippen molar-refractivity contribution in [2.45, 2.75) is 43.7 Å². The van der Waals surface area contributed by atoms with Crippen molar-refractivity contribution in [2.75, 3.05) is 13.1 Å². The Balaban J connectivity index is 1.75. The summed E-state index contributed by atoms with van der Waals surface area (Å²) in [6, 6.07) is 5.00. The predicted molar refractivity (Wildman–Crippen MR) is 78.7 cm³/mol. The summed E-state index contributed by atoms with van der Waals surface area (Å²) >= 11 is 0. The van der Waals surface area contributed by atoms with Gasteiger partial charge >= 0.3 is 15.6 Å². The van der Waals surface area contributed by atoms with E-state index in [0.717, 1.165) is 30.6 Å². The molecule has 4 nitrogen and oxygen atoms in total. The maximum Gasteiger partial charge on any atom is 0.534 e. The van der Waals surface area contributed by atoms with Crippen LogP contribution in [0.2, 0.25) is 0 Å². The summed E-state index contributed by atoms with van der Waals surface area (Å²) in [4.78, 5) is 2.41. The molecular weight excluding hydrogens is 331 g/mol. The topological polar surface area (TPSA) is 46.6 Å². The molecule has 0 unspecified atom stereocenters. The summed E-state index contributed by atoms with van der Waals surface area (Å²) < 4.78 is 63.6. The Kier molecular flexibility index (Phi) is 4.31. The number of halogens is 3. The lowest BCUT2D eigenvalue weighted by Crippen LogP contribution is -2.41. The predicted octanol–water partition coefficient (Wildman–Crippen LogP) is 2.87. The van der Waals surface area contributed by atoms with Crippen LogP contribution >= 0.6 is 0 Å². The Morgan fingerprint density at radius 1 is 1.09 bits per heavy atom. The maximum absolute atomic E-state index is 12.4. The molecule has 1 fully saturated rings. The lowest BCUT2D eigenvalue weighted by molar-refractivity contribution is -0.0500. The van der Waals surface area contributed by atoms with Crippen LogP contribution in [0.4, 0.5) is 13.2 Å². The molecular formula is C15H18F3NO3S. The Hall–Kier alpha value is -1.28. The van der Waals surface area contributed by atoms with E-state index < -0.39 is 15.6 Å². The van der Waals surface area contributed by atoms with Crippen LogP contribution < -0.4 is 4.18 Å². The summed E-state index contributed by atoms with van der Waals surface area (Å²) in [6.07, 6.45) is 5.16. The number of fused-ring (bicyclic) bond motifs is 1. The van der Waals surface area contributed by atoms with Crippen molar-refractivity contribution in [3.8, 4) is 5.75 Å². The minimum absolute atomic E-state index is 0.279. The molecule has 0 spiro atoms. The first-order valence-electron chi connectivity index (χ1n) is 7.63. The van der Waals surface area contributed by atoms with Gasteiger partial charge < -0.3 is 4.18 Å². The first-order chi connectivity index (χ1) is 10.8. The van der Waals surface area contributed by atoms with Crippen LogP contribution in [-0.2, 0) is 23.0 Å². The molecule has 2 aliphatic rings. The van der Waals surface area contributed by atoms with Crippen molar-refractivity contribution < 1.29 is 25.8 Å². The van der Waals surface area contributed by atoms with Gasteiger partial charge in [0.2, 0.25) is 0 Å². The number of nitrogens with zero attached hydrogens (tertiary/aromatic N) is 1. The molecule has 23 heavy (non-hydrogen) atoms. The number of rotatable bonds is 3. The summed E-state index contributed by atoms with van der Waals surface area (Å²) in [5.41, 5.74) is -3.51. The van der Waals surface area contributed by atoms with E-state index in [-0.39, 0.29) is 5.75 Å². The van der Waals surface area contributed by atoms with E-state index >= 15 is 0 Å². The van der Waals surface area contributed by atoms with Crippen LogP contribution in [0, 0.1) is 0 Å². The highest BCUT2D eigenvalue weighted by Crippen LogP contribution is 2.31. The monoisotopic (exact) mass is 349 g/mol. The minimum Gasteiger partial charge on any atom is -0.376 e. The Morgan fingerprint density at radius 3 is 2.30 bits per heavy atom. The highest BCUT2D eigenvalue weighted by molar-refractivity contribution is 7.88. The fourth-order valence-electron chi connectivity index (χ4n) is 3.06. The molecule has 8 heteroatoms. The number of hydrogen-bond donors (Lipinski definition) is 0. The molecule has 1 heterocycles. The van der Waals surface area contributed by atoms with Crippen molar-refractivity contribution >= 4 is 10.1 Å². The third kappa shape index (κ3) is 3.47. The van der Waals surface area contributed by atoms with Crippen molar-refractivity contribution in [3.05, 3.63) is 29.3 Å². The lowest BCUT2D eigenvalue weighted by atomic mass is 9.91. The van der Waals surface area contributed by atoms with Gasteiger partial charge in [0, 0.05) is 19.1 Å². The maximum atomic E-state index is 12.4. The first-order valence-corrected chi connectivity index (χ1v) is 9.04. The smallest absolute Gasteiger partial charge is 0.376 e. The van der Waals surface area contributed by atoms with Gasteiger partial charge in [0.05, 0.1) is 0 Å². The highest BCUT2D eigenvalue weighted by Gasteiger charge is 2.48. The molecule has 0 aromatic heterocycles. The molecule has 0 bridgehead atoms. The normalized spacial score (nSPS) is 20.5. The molecule has 1 aromatic carbocycles. The number of alkyl halides is 3. The zero-order valence-corrected chi connectivity index (χ0v) is 13.3. The second kappa shape index (κ2) is 5.98. The van der Waals surface area contributed by atoms with E-state index in [9.17, 15) is 21.6 Å². The van der Waals surface area contributed by atoms with E-state index in [2.05, 4.69) is 9.08 Å². The molecule has 128 valence electrons. The van der Waals surface area contributed by atoms with Gasteiger partial charge in [-0.3, -0.25) is 4.90 Å². The molecule has 0 amide bonds. The number of hydrogen-bond acceptors (Lipinski definition) is 4. The fourth-order valence-corrected chi connectivity index (χ4v) is 3.51. The second-order valence-electron chi connectivity index (χ2n) is 6.03. The Bertz CT molecular complexity index is 684. The van der Waals surface area contributed by atoms with Crippen molar-refractivity contribution in [1.29, 1.82) is 0 Å². The zero-order chi connectivity index (χ0) is 16.7. The van der Waals surface area contributed by atoms with Crippen LogP contribution in [0.5, 0.6) is 5.75 Å². The molecule has 0 atom stereocenters. The minimum atomic E-state index is -5.62. The van der Waals surface area contributed by atoms with E-state index in [4.69, 9.17) is 0 Å². The second-order valence-corrected chi connectivity index (χ2v) is 7.57. The van der Waals surface area contributed by atoms with Crippen LogP contribution in [-0.4, -0.2) is 38.0 Å². The largest absolute Gasteiger partial charge is 0.534 e. The molecule has 0 saturated heterocycles. The third-order valence-corrected chi connectivity index (χ3v) is 5.57. The lowest BCUT2D eigenvalue weighted by Gasteiger charge is -2.36. The summed E-state index contributed by atoms with van der Waals surface area (Å²) in [5.74, 6) is -0.279. The van der Waals surface area contributed by atoms with Gasteiger partial charge in [-0.1, -0.05) is 12.5 Å². The zero-order valence-electron chi connectivity index (χ0n) is 12.5. The number of benzene rings is 1. The van der Waals surface area contributed by atoms with Gasteiger partial charge in [-0.2, -0.15) is 21.6 Å². The van der Waals surface area contributed by atoms with Gasteiger partial charge in [0.25, 0.3) is 0 Å². The molecule has 1 aliphatic heterocycles. The Morgan fingerprint density at radius 2 is 1.74 bits per heavy atom. The van der Waals surface area contributed by atoms with E-state index in [0.29, 0.717) is 12.5 Å². The molecule has 1 aliphatic carbocycles. The van der Waals surface area contributed by atoms with Gasteiger partial charge in [-0.15, -0.1) is 0 Å². The standard InChI is InChI=1S/C15H18F3NO3S/c16-15(17,18)23(20,21)22-14-5-4-11-6-8-19(13-2-1-3-13)9-7-12(11)10-14/h4-5,10,13H,1-3,6-9H2. The first kappa shape index (κ1) is 16.6. The van der Waals surface area contributed by atoms with Gasteiger partial charge in [-0.05, 0) is 48.9 Å². The van der Waals surface area contributed by atoms with Crippen LogP contribution in [0.25, 0.3) is 0 Å². The SMILES string of the molecule is O=S(=O)(Oc1ccc2c(c1)CCN(C1CCC1)CC2)C(F)(F)F. The van der Waals surface area contributed by atoms with Gasteiger partial charge in [-0.25, -0.2) is 0 Å². The van der Waals surface area contributed by atoms with Crippen LogP contribution in [0.15, 0.2) is 18.2 Å². The highest BCUT2D eigenvalue weighted by atomic mass is 32.2. The van der Waals surface area contributed by atoms with E-state index in [1.807, 2.05) is 0 Å². The molecule has 1 aromatic rings. The fraction of sp³-hybridized carbons (Fsp3) is 0.600. The summed E-state index contributed by atoms with van der Waals surface area (Å²) in [5, 5.41) is 0. The molecule has 3 rings (SSSR count). The molecule has 1 saturated carbocycles. The van der Waals surface area contributed by atoms with Crippen molar-refractivity contribution in [1.82, 2.24) is 4.90 Å². The Labute approximate surface area is 133 Å². The van der Waals surface area contributed by atoms with E-state index in [1.54, 1.807) is 6.07 Å². The van der Waals surface area contributed by atoms with Gasteiger partial charge in [0.1, 0.15) is 5.75 Å². The van der Waals surface area contributed by atoms with Crippen molar-refractivity contribution in [3.63, 3.8) is 0 Å².